The summed E-state index contributed by atoms with van der Waals surface area (Å²) in [6.45, 7) is 2.03. The number of hydrogen-bond acceptors (Lipinski definition) is 4. The molecule has 0 bridgehead atoms. The minimum absolute atomic E-state index is 0.282. The van der Waals surface area contributed by atoms with Crippen molar-refractivity contribution >= 4 is 44.1 Å². The summed E-state index contributed by atoms with van der Waals surface area (Å²) in [6.07, 6.45) is 2.73. The number of aromatic hydroxyl groups is 1. The van der Waals surface area contributed by atoms with Gasteiger partial charge in [-0.3, -0.25) is 9.52 Å². The number of rotatable bonds is 5. The SMILES string of the molecule is CCc1c[nH]c2cc(NS(=O)(=O)c3cc(Cl)c(O)c(C(N)=O)c3)ccc12. The average Bonchev–Trinajstić information content (AvgIpc) is 2.98. The van der Waals surface area contributed by atoms with Crippen LogP contribution in [-0.4, -0.2) is 24.4 Å². The molecule has 7 nitrogen and oxygen atoms in total. The van der Waals surface area contributed by atoms with Crippen molar-refractivity contribution in [2.45, 2.75) is 18.2 Å². The number of fused-ring (bicyclic) bond motifs is 1. The van der Waals surface area contributed by atoms with Crippen molar-refractivity contribution in [1.29, 1.82) is 0 Å². The number of primary amides is 1. The third-order valence-corrected chi connectivity index (χ3v) is 5.66. The summed E-state index contributed by atoms with van der Waals surface area (Å²) in [5, 5.41) is 10.5. The highest BCUT2D eigenvalue weighted by molar-refractivity contribution is 7.92. The molecule has 0 atom stereocenters. The van der Waals surface area contributed by atoms with Crippen LogP contribution in [0, 0.1) is 0 Å². The number of aromatic nitrogens is 1. The number of halogens is 1. The number of aryl methyl sites for hydroxylation is 1. The first-order valence-corrected chi connectivity index (χ1v) is 9.54. The first-order chi connectivity index (χ1) is 12.2. The predicted molar refractivity (Wildman–Crippen MR) is 100 cm³/mol. The molecule has 1 aromatic heterocycles. The smallest absolute Gasteiger partial charge is 0.261 e. The number of hydrogen-bond donors (Lipinski definition) is 4. The number of phenols is 1. The third kappa shape index (κ3) is 3.21. The maximum absolute atomic E-state index is 12.6. The van der Waals surface area contributed by atoms with Crippen molar-refractivity contribution in [3.63, 3.8) is 0 Å². The van der Waals surface area contributed by atoms with E-state index < -0.39 is 21.7 Å². The van der Waals surface area contributed by atoms with Gasteiger partial charge in [0, 0.05) is 17.1 Å². The van der Waals surface area contributed by atoms with E-state index in [1.54, 1.807) is 12.1 Å². The molecule has 1 amide bonds. The number of anilines is 1. The molecule has 0 saturated heterocycles. The van der Waals surface area contributed by atoms with Crippen LogP contribution in [0.4, 0.5) is 5.69 Å². The topological polar surface area (TPSA) is 125 Å². The minimum Gasteiger partial charge on any atom is -0.506 e. The zero-order chi connectivity index (χ0) is 19.1. The summed E-state index contributed by atoms with van der Waals surface area (Å²) in [7, 11) is -4.04. The fourth-order valence-corrected chi connectivity index (χ4v) is 4.06. The normalized spacial score (nSPS) is 11.6. The van der Waals surface area contributed by atoms with Crippen molar-refractivity contribution in [3.05, 3.63) is 52.7 Å². The Morgan fingerprint density at radius 1 is 1.31 bits per heavy atom. The first kappa shape index (κ1) is 18.1. The maximum atomic E-state index is 12.6. The zero-order valence-electron chi connectivity index (χ0n) is 13.7. The molecule has 2 aromatic carbocycles. The second-order valence-corrected chi connectivity index (χ2v) is 7.79. The lowest BCUT2D eigenvalue weighted by atomic mass is 10.1. The number of H-pyrrole nitrogens is 1. The van der Waals surface area contributed by atoms with E-state index in [0.717, 1.165) is 35.0 Å². The van der Waals surface area contributed by atoms with Crippen molar-refractivity contribution < 1.29 is 18.3 Å². The van der Waals surface area contributed by atoms with E-state index in [2.05, 4.69) is 9.71 Å². The predicted octanol–water partition coefficient (Wildman–Crippen LogP) is 2.99. The Hall–Kier alpha value is -2.71. The first-order valence-electron chi connectivity index (χ1n) is 7.68. The quantitative estimate of drug-likeness (QED) is 0.531. The second kappa shape index (κ2) is 6.54. The lowest BCUT2D eigenvalue weighted by Gasteiger charge is -2.11. The third-order valence-electron chi connectivity index (χ3n) is 4.01. The highest BCUT2D eigenvalue weighted by Gasteiger charge is 2.21. The van der Waals surface area contributed by atoms with E-state index in [0.29, 0.717) is 5.69 Å². The summed E-state index contributed by atoms with van der Waals surface area (Å²) in [5.74, 6) is -1.54. The van der Waals surface area contributed by atoms with Gasteiger partial charge in [-0.05, 0) is 36.2 Å². The number of nitrogens with one attached hydrogen (secondary N) is 2. The van der Waals surface area contributed by atoms with E-state index in [9.17, 15) is 18.3 Å². The van der Waals surface area contributed by atoms with E-state index in [1.807, 2.05) is 19.2 Å². The van der Waals surface area contributed by atoms with Gasteiger partial charge in [-0.15, -0.1) is 0 Å². The summed E-state index contributed by atoms with van der Waals surface area (Å²) >= 11 is 5.81. The monoisotopic (exact) mass is 393 g/mol. The fraction of sp³-hybridized carbons (Fsp3) is 0.118. The summed E-state index contributed by atoms with van der Waals surface area (Å²) < 4.78 is 27.7. The molecule has 3 rings (SSSR count). The minimum atomic E-state index is -4.04. The van der Waals surface area contributed by atoms with Crippen molar-refractivity contribution in [3.8, 4) is 5.75 Å². The van der Waals surface area contributed by atoms with Crippen LogP contribution < -0.4 is 10.5 Å². The largest absolute Gasteiger partial charge is 0.506 e. The van der Waals surface area contributed by atoms with Gasteiger partial charge in [-0.2, -0.15) is 0 Å². The Morgan fingerprint density at radius 3 is 2.69 bits per heavy atom. The summed E-state index contributed by atoms with van der Waals surface area (Å²) in [5.41, 5.74) is 7.04. The molecule has 0 spiro atoms. The van der Waals surface area contributed by atoms with Gasteiger partial charge in [0.25, 0.3) is 15.9 Å². The number of aromatic amines is 1. The fourth-order valence-electron chi connectivity index (χ4n) is 2.67. The van der Waals surface area contributed by atoms with E-state index >= 15 is 0 Å². The van der Waals surface area contributed by atoms with Crippen molar-refractivity contribution in [2.75, 3.05) is 4.72 Å². The molecule has 0 aliphatic rings. The highest BCUT2D eigenvalue weighted by Crippen LogP contribution is 2.31. The molecule has 9 heteroatoms. The number of nitrogens with two attached hydrogens (primary N) is 1. The Morgan fingerprint density at radius 2 is 2.04 bits per heavy atom. The van der Waals surface area contributed by atoms with Gasteiger partial charge in [0.15, 0.2) is 0 Å². The molecule has 0 aliphatic heterocycles. The molecule has 0 unspecified atom stereocenters. The number of sulfonamides is 1. The molecule has 3 aromatic rings. The molecule has 0 aliphatic carbocycles. The summed E-state index contributed by atoms with van der Waals surface area (Å²) in [6, 6.07) is 7.16. The average molecular weight is 394 g/mol. The number of benzene rings is 2. The van der Waals surface area contributed by atoms with Crippen LogP contribution in [0.1, 0.15) is 22.8 Å². The van der Waals surface area contributed by atoms with E-state index in [-0.39, 0.29) is 15.5 Å². The van der Waals surface area contributed by atoms with E-state index in [1.165, 1.54) is 0 Å². The number of amides is 1. The van der Waals surface area contributed by atoms with Gasteiger partial charge in [0.2, 0.25) is 0 Å². The number of carbonyl (C=O) groups is 1. The summed E-state index contributed by atoms with van der Waals surface area (Å²) in [4.78, 5) is 14.2. The molecule has 5 N–H and O–H groups in total. The zero-order valence-corrected chi connectivity index (χ0v) is 15.3. The van der Waals surface area contributed by atoms with Crippen LogP contribution >= 0.6 is 11.6 Å². The number of carbonyl (C=O) groups excluding carboxylic acids is 1. The highest BCUT2D eigenvalue weighted by atomic mass is 35.5. The molecule has 136 valence electrons. The van der Waals surface area contributed by atoms with Crippen molar-refractivity contribution in [1.82, 2.24) is 4.98 Å². The molecule has 26 heavy (non-hydrogen) atoms. The van der Waals surface area contributed by atoms with Gasteiger partial charge in [0.1, 0.15) is 5.75 Å². The maximum Gasteiger partial charge on any atom is 0.261 e. The van der Waals surface area contributed by atoms with E-state index in [4.69, 9.17) is 17.3 Å². The lowest BCUT2D eigenvalue weighted by molar-refractivity contribution is 0.0997. The van der Waals surface area contributed by atoms with Crippen LogP contribution in [0.3, 0.4) is 0 Å². The standard InChI is InChI=1S/C17H16ClN3O4S/c1-2-9-8-20-15-5-10(3-4-12(9)15)21-26(24,25)11-6-13(17(19)23)16(22)14(18)7-11/h3-8,20-22H,2H2,1H3,(H2,19,23). The Kier molecular flexibility index (Phi) is 4.55. The molecule has 1 heterocycles. The Labute approximate surface area is 154 Å². The van der Waals surface area contributed by atoms with Gasteiger partial charge >= 0.3 is 0 Å². The van der Waals surface area contributed by atoms with Crippen molar-refractivity contribution in [2.24, 2.45) is 5.73 Å². The van der Waals surface area contributed by atoms with Gasteiger partial charge in [-0.25, -0.2) is 8.42 Å². The van der Waals surface area contributed by atoms with Gasteiger partial charge < -0.3 is 15.8 Å². The molecule has 0 fully saturated rings. The second-order valence-electron chi connectivity index (χ2n) is 5.70. The van der Waals surface area contributed by atoms with Gasteiger partial charge in [-0.1, -0.05) is 24.6 Å². The van der Waals surface area contributed by atoms with Crippen LogP contribution in [-0.2, 0) is 16.4 Å². The van der Waals surface area contributed by atoms with Crippen LogP contribution in [0.2, 0.25) is 5.02 Å². The van der Waals surface area contributed by atoms with Gasteiger partial charge in [0.05, 0.1) is 21.2 Å². The van der Waals surface area contributed by atoms with Crippen LogP contribution in [0.5, 0.6) is 5.75 Å². The lowest BCUT2D eigenvalue weighted by Crippen LogP contribution is -2.16. The Balaban J connectivity index is 2.00. The molecule has 0 radical (unpaired) electrons. The molecule has 0 saturated carbocycles. The van der Waals surface area contributed by atoms with Crippen LogP contribution in [0.15, 0.2) is 41.4 Å². The molecular weight excluding hydrogens is 378 g/mol. The van der Waals surface area contributed by atoms with Crippen LogP contribution in [0.25, 0.3) is 10.9 Å². The Bertz CT molecular complexity index is 1120. The molecular formula is C17H16ClN3O4S.